The lowest BCUT2D eigenvalue weighted by atomic mass is 10.0. The van der Waals surface area contributed by atoms with Gasteiger partial charge in [0.15, 0.2) is 0 Å². The van der Waals surface area contributed by atoms with Crippen LogP contribution in [0.3, 0.4) is 0 Å². The number of nitrogens with one attached hydrogen (secondary N) is 1. The summed E-state index contributed by atoms with van der Waals surface area (Å²) in [6.45, 7) is 4.84. The first-order valence-corrected chi connectivity index (χ1v) is 34.7. The number of unbranched alkanes of at least 4 members (excludes halogenated alkanes) is 47. The molecule has 0 radical (unpaired) electrons. The van der Waals surface area contributed by atoms with Gasteiger partial charge in [0.05, 0.1) is 39.9 Å². The third kappa shape index (κ3) is 60.5. The Balaban J connectivity index is 3.78. The van der Waals surface area contributed by atoms with Gasteiger partial charge in [-0.25, -0.2) is 4.57 Å². The summed E-state index contributed by atoms with van der Waals surface area (Å²) in [5.74, 6) is -0.171. The number of allylic oxidation sites excluding steroid dienone is 3. The fraction of sp³-hybridized carbons (Fsp3) is 0.924. The van der Waals surface area contributed by atoms with Crippen LogP contribution in [0.1, 0.15) is 341 Å². The van der Waals surface area contributed by atoms with Crippen molar-refractivity contribution in [1.82, 2.24) is 5.32 Å². The summed E-state index contributed by atoms with van der Waals surface area (Å²) in [6, 6.07) is -0.842. The molecule has 3 N–H and O–H groups in total. The Hall–Kier alpha value is -1.02. The number of quaternary nitrogens is 1. The molecule has 0 spiro atoms. The van der Waals surface area contributed by atoms with E-state index in [-0.39, 0.29) is 19.1 Å². The number of aliphatic hydroxyl groups excluding tert-OH is 1. The zero-order valence-corrected chi connectivity index (χ0v) is 52.0. The summed E-state index contributed by atoms with van der Waals surface area (Å²) in [5.41, 5.74) is 0. The molecule has 0 aromatic heterocycles. The number of nitrogens with zero attached hydrogens (tertiary/aromatic N) is 1. The Kier molecular flexibility index (Phi) is 56.9. The second kappa shape index (κ2) is 57.7. The molecule has 0 fully saturated rings. The Morgan fingerprint density at radius 1 is 0.440 bits per heavy atom. The number of carbonyl (C=O) groups excluding carboxylic acids is 1. The van der Waals surface area contributed by atoms with Gasteiger partial charge in [0, 0.05) is 6.42 Å². The summed E-state index contributed by atoms with van der Waals surface area (Å²) >= 11 is 0. The van der Waals surface area contributed by atoms with Crippen LogP contribution >= 0.6 is 7.82 Å². The standard InChI is InChI=1S/C66H131N2O6P/c1-6-8-10-12-14-16-18-20-21-22-23-24-25-26-27-28-29-30-31-32-33-34-35-36-37-38-39-40-41-42-43-44-45-46-47-48-50-52-54-56-58-60-66(70)67-64(63-74-75(71,72)73-62-61-68(3,4)5)65(69)59-57-55-53-51-49-19-17-15-13-11-9-7-2/h22-23,57,59,64-65,69H,6-21,24-56,58,60-63H2,1-5H3,(H-,67,70,71,72)/p+1/b23-22-,59-57+. The molecule has 0 aliphatic heterocycles. The minimum Gasteiger partial charge on any atom is -0.387 e. The number of rotatable bonds is 62. The number of hydrogen-bond acceptors (Lipinski definition) is 5. The van der Waals surface area contributed by atoms with Crippen molar-refractivity contribution in [3.05, 3.63) is 24.3 Å². The van der Waals surface area contributed by atoms with Gasteiger partial charge >= 0.3 is 7.82 Å². The third-order valence-corrected chi connectivity index (χ3v) is 16.4. The monoisotopic (exact) mass is 1080 g/mol. The molecule has 3 atom stereocenters. The van der Waals surface area contributed by atoms with Crippen LogP contribution in [0.25, 0.3) is 0 Å². The lowest BCUT2D eigenvalue weighted by Gasteiger charge is -2.25. The number of aliphatic hydroxyl groups is 1. The quantitative estimate of drug-likeness (QED) is 0.0243. The second-order valence-electron chi connectivity index (χ2n) is 24.2. The highest BCUT2D eigenvalue weighted by atomic mass is 31.2. The number of phosphoric acid groups is 1. The van der Waals surface area contributed by atoms with E-state index >= 15 is 0 Å². The number of likely N-dealkylation sites (N-methyl/N-ethyl adjacent to an activating group) is 1. The number of amides is 1. The van der Waals surface area contributed by atoms with Gasteiger partial charge in [-0.3, -0.25) is 13.8 Å². The summed E-state index contributed by atoms with van der Waals surface area (Å²) in [6.07, 6.45) is 74.9. The van der Waals surface area contributed by atoms with Crippen LogP contribution in [-0.2, 0) is 18.4 Å². The Bertz CT molecular complexity index is 1270. The van der Waals surface area contributed by atoms with Crippen LogP contribution in [0.15, 0.2) is 24.3 Å². The van der Waals surface area contributed by atoms with Gasteiger partial charge in [0.1, 0.15) is 13.2 Å². The molecular weight excluding hydrogens is 948 g/mol. The molecule has 446 valence electrons. The van der Waals surface area contributed by atoms with Crippen LogP contribution in [0.2, 0.25) is 0 Å². The molecule has 0 aliphatic carbocycles. The van der Waals surface area contributed by atoms with Gasteiger partial charge in [-0.15, -0.1) is 0 Å². The van der Waals surface area contributed by atoms with E-state index in [9.17, 15) is 19.4 Å². The van der Waals surface area contributed by atoms with Crippen molar-refractivity contribution in [3.8, 4) is 0 Å². The minimum atomic E-state index is -4.34. The predicted molar refractivity (Wildman–Crippen MR) is 328 cm³/mol. The van der Waals surface area contributed by atoms with Crippen molar-refractivity contribution in [2.75, 3.05) is 40.9 Å². The van der Waals surface area contributed by atoms with Gasteiger partial charge in [0.2, 0.25) is 5.91 Å². The topological polar surface area (TPSA) is 105 Å². The molecule has 75 heavy (non-hydrogen) atoms. The Morgan fingerprint density at radius 3 is 1.03 bits per heavy atom. The molecule has 1 amide bonds. The molecule has 0 aliphatic rings. The zero-order chi connectivity index (χ0) is 54.9. The first kappa shape index (κ1) is 74.0. The normalized spacial score (nSPS) is 13.9. The number of carbonyl (C=O) groups is 1. The fourth-order valence-electron chi connectivity index (χ4n) is 10.2. The van der Waals surface area contributed by atoms with Crippen LogP contribution in [-0.4, -0.2) is 73.4 Å². The SMILES string of the molecule is CCCCCCCCCC/C=C\CCCCCCCCCCCCCCCCCCCCCCCCCCCCCCCC(=O)NC(COP(=O)(O)OCC[N+](C)(C)C)C(O)/C=C/CCCCCCCCCCCC. The van der Waals surface area contributed by atoms with E-state index in [2.05, 4.69) is 31.3 Å². The van der Waals surface area contributed by atoms with E-state index in [4.69, 9.17) is 9.05 Å². The second-order valence-corrected chi connectivity index (χ2v) is 25.7. The molecule has 0 rings (SSSR count). The van der Waals surface area contributed by atoms with E-state index in [1.54, 1.807) is 6.08 Å². The molecule has 0 saturated carbocycles. The summed E-state index contributed by atoms with van der Waals surface area (Å²) in [5, 5.41) is 13.9. The van der Waals surface area contributed by atoms with Crippen molar-refractivity contribution >= 4 is 13.7 Å². The zero-order valence-electron chi connectivity index (χ0n) is 51.1. The van der Waals surface area contributed by atoms with Crippen molar-refractivity contribution < 1.29 is 32.9 Å². The molecule has 9 heteroatoms. The predicted octanol–water partition coefficient (Wildman–Crippen LogP) is 20.7. The minimum absolute atomic E-state index is 0.0643. The van der Waals surface area contributed by atoms with Crippen molar-refractivity contribution in [1.29, 1.82) is 0 Å². The van der Waals surface area contributed by atoms with Crippen LogP contribution in [0.4, 0.5) is 0 Å². The maximum Gasteiger partial charge on any atom is 0.472 e. The fourth-order valence-corrected chi connectivity index (χ4v) is 11.0. The average Bonchev–Trinajstić information content (AvgIpc) is 3.37. The van der Waals surface area contributed by atoms with Gasteiger partial charge < -0.3 is 19.8 Å². The molecule has 0 bridgehead atoms. The molecule has 8 nitrogen and oxygen atoms in total. The summed E-state index contributed by atoms with van der Waals surface area (Å²) in [4.78, 5) is 23.3. The molecule has 3 unspecified atom stereocenters. The van der Waals surface area contributed by atoms with Gasteiger partial charge in [-0.1, -0.05) is 314 Å². The lowest BCUT2D eigenvalue weighted by Crippen LogP contribution is -2.45. The molecule has 0 saturated heterocycles. The van der Waals surface area contributed by atoms with Gasteiger partial charge in [-0.2, -0.15) is 0 Å². The molecule has 0 heterocycles. The highest BCUT2D eigenvalue weighted by molar-refractivity contribution is 7.47. The first-order valence-electron chi connectivity index (χ1n) is 33.2. The van der Waals surface area contributed by atoms with Crippen molar-refractivity contribution in [3.63, 3.8) is 0 Å². The van der Waals surface area contributed by atoms with E-state index in [1.165, 1.54) is 283 Å². The van der Waals surface area contributed by atoms with Crippen LogP contribution in [0.5, 0.6) is 0 Å². The lowest BCUT2D eigenvalue weighted by molar-refractivity contribution is -0.870. The Labute approximate surface area is 468 Å². The number of phosphoric ester groups is 1. The van der Waals surface area contributed by atoms with E-state index < -0.39 is 20.0 Å². The van der Waals surface area contributed by atoms with Crippen LogP contribution in [0, 0.1) is 0 Å². The number of hydrogen-bond donors (Lipinski definition) is 3. The average molecular weight is 1080 g/mol. The third-order valence-electron chi connectivity index (χ3n) is 15.4. The van der Waals surface area contributed by atoms with E-state index in [1.807, 2.05) is 27.2 Å². The maximum absolute atomic E-state index is 13.0. The molecule has 0 aromatic rings. The highest BCUT2D eigenvalue weighted by Crippen LogP contribution is 2.43. The van der Waals surface area contributed by atoms with Crippen molar-refractivity contribution in [2.24, 2.45) is 0 Å². The van der Waals surface area contributed by atoms with Gasteiger partial charge in [-0.05, 0) is 44.9 Å². The summed E-state index contributed by atoms with van der Waals surface area (Å²) in [7, 11) is 1.59. The highest BCUT2D eigenvalue weighted by Gasteiger charge is 2.28. The molecule has 0 aromatic carbocycles. The maximum atomic E-state index is 13.0. The van der Waals surface area contributed by atoms with Gasteiger partial charge in [0.25, 0.3) is 0 Å². The van der Waals surface area contributed by atoms with E-state index in [0.717, 1.165) is 38.5 Å². The molecular formula is C66H132N2O6P+. The van der Waals surface area contributed by atoms with E-state index in [0.29, 0.717) is 17.4 Å². The first-order chi connectivity index (χ1) is 36.5. The largest absolute Gasteiger partial charge is 0.472 e. The van der Waals surface area contributed by atoms with Crippen LogP contribution < -0.4 is 5.32 Å². The van der Waals surface area contributed by atoms with Crippen molar-refractivity contribution in [2.45, 2.75) is 353 Å². The smallest absolute Gasteiger partial charge is 0.387 e. The summed E-state index contributed by atoms with van der Waals surface area (Å²) < 4.78 is 23.7. The Morgan fingerprint density at radius 2 is 0.720 bits per heavy atom.